The monoisotopic (exact) mass is 373 g/mol. The fraction of sp³-hybridized carbons (Fsp3) is 0.474. The van der Waals surface area contributed by atoms with Crippen LogP contribution in [0.5, 0.6) is 0 Å². The van der Waals surface area contributed by atoms with Crippen LogP contribution in [0.4, 0.5) is 0 Å². The first kappa shape index (κ1) is 17.3. The maximum absolute atomic E-state index is 12.5. The maximum Gasteiger partial charge on any atom is 0.272 e. The fourth-order valence-electron chi connectivity index (χ4n) is 3.36. The minimum absolute atomic E-state index is 0.0796. The molecule has 0 radical (unpaired) electrons. The normalized spacial score (nSPS) is 21.7. The number of sulfone groups is 1. The van der Waals surface area contributed by atoms with Gasteiger partial charge in [0.05, 0.1) is 23.2 Å². The van der Waals surface area contributed by atoms with Gasteiger partial charge < -0.3 is 5.32 Å². The topological polar surface area (TPSA) is 81.1 Å². The lowest BCUT2D eigenvalue weighted by molar-refractivity contribution is 0.0945. The van der Waals surface area contributed by atoms with Crippen LogP contribution in [0.1, 0.15) is 46.9 Å². The molecule has 1 saturated heterocycles. The zero-order valence-electron chi connectivity index (χ0n) is 15.0. The molecule has 0 spiro atoms. The predicted molar refractivity (Wildman–Crippen MR) is 99.9 cm³/mol. The van der Waals surface area contributed by atoms with Crippen molar-refractivity contribution in [2.45, 2.75) is 45.2 Å². The van der Waals surface area contributed by atoms with E-state index in [0.717, 1.165) is 29.7 Å². The van der Waals surface area contributed by atoms with E-state index in [2.05, 4.69) is 23.4 Å². The maximum atomic E-state index is 12.5. The molecular weight excluding hydrogens is 350 g/mol. The molecule has 2 aromatic rings. The van der Waals surface area contributed by atoms with Crippen molar-refractivity contribution in [3.8, 4) is 11.3 Å². The molecule has 7 heteroatoms. The summed E-state index contributed by atoms with van der Waals surface area (Å²) in [7, 11) is -3.04. The highest BCUT2D eigenvalue weighted by molar-refractivity contribution is 7.91. The Hall–Kier alpha value is -2.15. The van der Waals surface area contributed by atoms with Crippen LogP contribution in [0.2, 0.25) is 0 Å². The van der Waals surface area contributed by atoms with E-state index in [1.165, 1.54) is 5.56 Å². The number of nitrogens with one attached hydrogen (secondary N) is 1. The number of rotatable bonds is 4. The quantitative estimate of drug-likeness (QED) is 0.892. The lowest BCUT2D eigenvalue weighted by Crippen LogP contribution is -2.26. The molecule has 0 bridgehead atoms. The smallest absolute Gasteiger partial charge is 0.272 e. The Balaban J connectivity index is 1.75. The van der Waals surface area contributed by atoms with Crippen LogP contribution in [0.25, 0.3) is 11.3 Å². The molecule has 2 heterocycles. The van der Waals surface area contributed by atoms with Gasteiger partial charge in [-0.25, -0.2) is 8.42 Å². The van der Waals surface area contributed by atoms with Crippen LogP contribution in [0.15, 0.2) is 24.3 Å². The molecule has 26 heavy (non-hydrogen) atoms. The Bertz CT molecular complexity index is 974. The summed E-state index contributed by atoms with van der Waals surface area (Å²) in [4.78, 5) is 12.5. The van der Waals surface area contributed by atoms with Crippen LogP contribution < -0.4 is 5.32 Å². The van der Waals surface area contributed by atoms with E-state index in [9.17, 15) is 13.2 Å². The molecule has 6 nitrogen and oxygen atoms in total. The first-order valence-electron chi connectivity index (χ1n) is 9.01. The zero-order valence-corrected chi connectivity index (χ0v) is 15.8. The van der Waals surface area contributed by atoms with Gasteiger partial charge in [-0.2, -0.15) is 5.10 Å². The number of hydrogen-bond acceptors (Lipinski definition) is 4. The number of carbonyl (C=O) groups excluding carboxylic acids is 1. The number of aryl methyl sites for hydroxylation is 2. The molecular formula is C19H23N3O3S. The summed E-state index contributed by atoms with van der Waals surface area (Å²) in [5, 5.41) is 7.46. The Morgan fingerprint density at radius 3 is 2.54 bits per heavy atom. The highest BCUT2D eigenvalue weighted by Crippen LogP contribution is 2.31. The molecule has 1 saturated carbocycles. The van der Waals surface area contributed by atoms with E-state index in [1.807, 2.05) is 19.1 Å². The predicted octanol–water partition coefficient (Wildman–Crippen LogP) is 2.42. The molecule has 1 amide bonds. The summed E-state index contributed by atoms with van der Waals surface area (Å²) in [6, 6.07) is 7.92. The van der Waals surface area contributed by atoms with E-state index in [4.69, 9.17) is 0 Å². The number of nitrogens with zero attached hydrogens (tertiary/aromatic N) is 2. The van der Waals surface area contributed by atoms with Crippen molar-refractivity contribution in [1.29, 1.82) is 0 Å². The third kappa shape index (κ3) is 3.40. The van der Waals surface area contributed by atoms with Gasteiger partial charge >= 0.3 is 0 Å². The molecule has 1 aliphatic carbocycles. The standard InChI is InChI=1S/C19H23N3O3S/c1-12-3-4-14(9-13(12)2)18-10-17(19(23)20-15-5-6-15)21-22(18)16-7-8-26(24,25)11-16/h3-4,9-10,15-16H,5-8,11H2,1-2H3,(H,20,23). The lowest BCUT2D eigenvalue weighted by atomic mass is 10.0. The Morgan fingerprint density at radius 2 is 1.92 bits per heavy atom. The molecule has 1 aliphatic heterocycles. The van der Waals surface area contributed by atoms with Crippen molar-refractivity contribution >= 4 is 15.7 Å². The number of carbonyl (C=O) groups is 1. The SMILES string of the molecule is Cc1ccc(-c2cc(C(=O)NC3CC3)nn2C2CCS(=O)(=O)C2)cc1C. The number of benzene rings is 1. The number of amides is 1. The van der Waals surface area contributed by atoms with Gasteiger partial charge in [-0.15, -0.1) is 0 Å². The molecule has 1 N–H and O–H groups in total. The second-order valence-electron chi connectivity index (χ2n) is 7.46. The average molecular weight is 373 g/mol. The van der Waals surface area contributed by atoms with E-state index in [0.29, 0.717) is 12.1 Å². The summed E-state index contributed by atoms with van der Waals surface area (Å²) < 4.78 is 25.6. The Kier molecular flexibility index (Phi) is 4.14. The van der Waals surface area contributed by atoms with Crippen LogP contribution >= 0.6 is 0 Å². The summed E-state index contributed by atoms with van der Waals surface area (Å²) in [5.41, 5.74) is 4.45. The molecule has 138 valence electrons. The number of hydrogen-bond donors (Lipinski definition) is 1. The van der Waals surface area contributed by atoms with Gasteiger partial charge in [0.15, 0.2) is 15.5 Å². The molecule has 1 atom stereocenters. The average Bonchev–Trinajstić information content (AvgIpc) is 3.15. The summed E-state index contributed by atoms with van der Waals surface area (Å²) in [6.07, 6.45) is 2.56. The van der Waals surface area contributed by atoms with Crippen LogP contribution in [0, 0.1) is 13.8 Å². The van der Waals surface area contributed by atoms with Gasteiger partial charge in [0.25, 0.3) is 5.91 Å². The summed E-state index contributed by atoms with van der Waals surface area (Å²) in [6.45, 7) is 4.09. The highest BCUT2D eigenvalue weighted by atomic mass is 32.2. The van der Waals surface area contributed by atoms with E-state index < -0.39 is 9.84 Å². The second kappa shape index (κ2) is 6.23. The Labute approximate surface area is 153 Å². The van der Waals surface area contributed by atoms with E-state index >= 15 is 0 Å². The molecule has 1 aromatic heterocycles. The van der Waals surface area contributed by atoms with Gasteiger partial charge in [-0.05, 0) is 56.4 Å². The summed E-state index contributed by atoms with van der Waals surface area (Å²) in [5.74, 6) is 0.0705. The van der Waals surface area contributed by atoms with E-state index in [-0.39, 0.29) is 29.5 Å². The molecule has 4 rings (SSSR count). The third-order valence-electron chi connectivity index (χ3n) is 5.24. The van der Waals surface area contributed by atoms with Crippen LogP contribution in [-0.4, -0.2) is 41.7 Å². The first-order chi connectivity index (χ1) is 12.3. The second-order valence-corrected chi connectivity index (χ2v) is 9.69. The summed E-state index contributed by atoms with van der Waals surface area (Å²) >= 11 is 0. The molecule has 1 aromatic carbocycles. The molecule has 1 unspecified atom stereocenters. The zero-order chi connectivity index (χ0) is 18.5. The fourth-order valence-corrected chi connectivity index (χ4v) is 5.05. The van der Waals surface area contributed by atoms with Gasteiger partial charge in [0, 0.05) is 11.6 Å². The van der Waals surface area contributed by atoms with Gasteiger partial charge in [-0.3, -0.25) is 9.48 Å². The van der Waals surface area contributed by atoms with Crippen LogP contribution in [-0.2, 0) is 9.84 Å². The highest BCUT2D eigenvalue weighted by Gasteiger charge is 2.33. The number of aromatic nitrogens is 2. The molecule has 2 fully saturated rings. The van der Waals surface area contributed by atoms with Crippen molar-refractivity contribution in [3.05, 3.63) is 41.1 Å². The lowest BCUT2D eigenvalue weighted by Gasteiger charge is -2.14. The third-order valence-corrected chi connectivity index (χ3v) is 6.99. The largest absolute Gasteiger partial charge is 0.348 e. The molecule has 2 aliphatic rings. The Morgan fingerprint density at radius 1 is 1.15 bits per heavy atom. The van der Waals surface area contributed by atoms with Gasteiger partial charge in [0.2, 0.25) is 0 Å². The van der Waals surface area contributed by atoms with Crippen molar-refractivity contribution in [2.24, 2.45) is 0 Å². The first-order valence-corrected chi connectivity index (χ1v) is 10.8. The van der Waals surface area contributed by atoms with Crippen molar-refractivity contribution in [2.75, 3.05) is 11.5 Å². The minimum atomic E-state index is -3.04. The van der Waals surface area contributed by atoms with Crippen molar-refractivity contribution < 1.29 is 13.2 Å². The minimum Gasteiger partial charge on any atom is -0.348 e. The van der Waals surface area contributed by atoms with Crippen molar-refractivity contribution in [3.63, 3.8) is 0 Å². The van der Waals surface area contributed by atoms with Gasteiger partial charge in [-0.1, -0.05) is 12.1 Å². The van der Waals surface area contributed by atoms with Crippen molar-refractivity contribution in [1.82, 2.24) is 15.1 Å². The van der Waals surface area contributed by atoms with Gasteiger partial charge in [0.1, 0.15) is 0 Å². The van der Waals surface area contributed by atoms with E-state index in [1.54, 1.807) is 10.7 Å². The van der Waals surface area contributed by atoms with Crippen LogP contribution in [0.3, 0.4) is 0 Å².